The van der Waals surface area contributed by atoms with Crippen molar-refractivity contribution < 1.29 is 18.6 Å². The average molecular weight is 418 g/mol. The van der Waals surface area contributed by atoms with Gasteiger partial charge < -0.3 is 14.2 Å². The topological polar surface area (TPSA) is 43.3 Å². The number of ether oxygens (including phenoxy) is 3. The van der Waals surface area contributed by atoms with Crippen LogP contribution in [-0.4, -0.2) is 24.4 Å². The van der Waals surface area contributed by atoms with E-state index in [9.17, 15) is 4.39 Å². The van der Waals surface area contributed by atoms with Gasteiger partial charge in [-0.2, -0.15) is 5.10 Å². The summed E-state index contributed by atoms with van der Waals surface area (Å²) < 4.78 is 31.7. The monoisotopic (exact) mass is 418 g/mol. The van der Waals surface area contributed by atoms with Gasteiger partial charge in [-0.1, -0.05) is 36.4 Å². The van der Waals surface area contributed by atoms with Crippen LogP contribution in [0.2, 0.25) is 0 Å². The van der Waals surface area contributed by atoms with Crippen LogP contribution in [0, 0.1) is 5.82 Å². The first-order valence-corrected chi connectivity index (χ1v) is 10.4. The van der Waals surface area contributed by atoms with E-state index in [1.807, 2.05) is 60.5 Å². The van der Waals surface area contributed by atoms with E-state index in [1.165, 1.54) is 12.1 Å². The predicted octanol–water partition coefficient (Wildman–Crippen LogP) is 5.48. The molecule has 5 nitrogen and oxygen atoms in total. The molecule has 0 radical (unpaired) electrons. The van der Waals surface area contributed by atoms with Crippen LogP contribution >= 0.6 is 0 Å². The molecule has 0 bridgehead atoms. The number of benzene rings is 3. The van der Waals surface area contributed by atoms with Crippen molar-refractivity contribution in [3.8, 4) is 17.2 Å². The lowest BCUT2D eigenvalue weighted by Gasteiger charge is -2.38. The fraction of sp³-hybridized carbons (Fsp3) is 0.240. The van der Waals surface area contributed by atoms with Gasteiger partial charge >= 0.3 is 0 Å². The van der Waals surface area contributed by atoms with Crippen LogP contribution in [0.4, 0.5) is 4.39 Å². The standard InChI is InChI=1S/C25H23FN2O3/c1-3-30-23-12-6-11-20-22-15-21(16-7-5-10-19(14-16)29-2)27-28(22)25(31-24(20)23)17-8-4-9-18(26)13-17/h4-14,22,25H,3,15H2,1-2H3. The minimum atomic E-state index is -0.557. The molecule has 2 heterocycles. The maximum Gasteiger partial charge on any atom is 0.214 e. The Morgan fingerprint density at radius 2 is 1.94 bits per heavy atom. The molecule has 0 amide bonds. The van der Waals surface area contributed by atoms with Crippen LogP contribution in [0.25, 0.3) is 0 Å². The molecule has 2 aliphatic rings. The van der Waals surface area contributed by atoms with Gasteiger partial charge in [-0.25, -0.2) is 9.40 Å². The molecule has 0 saturated heterocycles. The molecule has 0 aliphatic carbocycles. The lowest BCUT2D eigenvalue weighted by molar-refractivity contribution is -0.0214. The molecule has 3 aromatic rings. The van der Waals surface area contributed by atoms with Gasteiger partial charge in [0.05, 0.1) is 25.5 Å². The van der Waals surface area contributed by atoms with E-state index in [-0.39, 0.29) is 11.9 Å². The summed E-state index contributed by atoms with van der Waals surface area (Å²) in [4.78, 5) is 0. The van der Waals surface area contributed by atoms with E-state index in [4.69, 9.17) is 19.3 Å². The summed E-state index contributed by atoms with van der Waals surface area (Å²) in [6, 6.07) is 20.2. The molecule has 6 heteroatoms. The maximum absolute atomic E-state index is 14.0. The largest absolute Gasteiger partial charge is 0.497 e. The number of para-hydroxylation sites is 1. The molecule has 3 aromatic carbocycles. The molecule has 0 fully saturated rings. The summed E-state index contributed by atoms with van der Waals surface area (Å²) in [7, 11) is 1.65. The van der Waals surface area contributed by atoms with E-state index in [0.717, 1.165) is 22.6 Å². The molecule has 158 valence electrons. The zero-order valence-electron chi connectivity index (χ0n) is 17.4. The first kappa shape index (κ1) is 19.4. The number of rotatable bonds is 5. The quantitative estimate of drug-likeness (QED) is 0.551. The van der Waals surface area contributed by atoms with Crippen molar-refractivity contribution >= 4 is 5.71 Å². The van der Waals surface area contributed by atoms with E-state index in [0.29, 0.717) is 30.1 Å². The second kappa shape index (κ2) is 7.95. The Morgan fingerprint density at radius 1 is 1.10 bits per heavy atom. The van der Waals surface area contributed by atoms with Crippen molar-refractivity contribution in [1.82, 2.24) is 5.01 Å². The predicted molar refractivity (Wildman–Crippen MR) is 116 cm³/mol. The lowest BCUT2D eigenvalue weighted by Crippen LogP contribution is -2.34. The van der Waals surface area contributed by atoms with Gasteiger partial charge in [-0.3, -0.25) is 0 Å². The molecule has 31 heavy (non-hydrogen) atoms. The average Bonchev–Trinajstić information content (AvgIpc) is 3.25. The van der Waals surface area contributed by atoms with Gasteiger partial charge in [0.2, 0.25) is 6.23 Å². The number of hydrazone groups is 1. The van der Waals surface area contributed by atoms with E-state index in [2.05, 4.69) is 0 Å². The lowest BCUT2D eigenvalue weighted by atomic mass is 9.95. The highest BCUT2D eigenvalue weighted by atomic mass is 19.1. The highest BCUT2D eigenvalue weighted by Crippen LogP contribution is 2.50. The molecule has 2 unspecified atom stereocenters. The van der Waals surface area contributed by atoms with Crippen molar-refractivity contribution in [2.24, 2.45) is 5.10 Å². The van der Waals surface area contributed by atoms with Gasteiger partial charge in [-0.05, 0) is 37.3 Å². The number of hydrogen-bond donors (Lipinski definition) is 0. The Balaban J connectivity index is 1.61. The molecular weight excluding hydrogens is 395 g/mol. The maximum atomic E-state index is 14.0. The molecule has 0 saturated carbocycles. The molecule has 2 aliphatic heterocycles. The van der Waals surface area contributed by atoms with Gasteiger partial charge in [0.15, 0.2) is 11.5 Å². The first-order chi connectivity index (χ1) is 15.2. The van der Waals surface area contributed by atoms with E-state index in [1.54, 1.807) is 13.2 Å². The third-order valence-electron chi connectivity index (χ3n) is 5.62. The van der Waals surface area contributed by atoms with Crippen molar-refractivity contribution in [2.45, 2.75) is 25.6 Å². The Labute approximate surface area is 180 Å². The minimum Gasteiger partial charge on any atom is -0.497 e. The van der Waals surface area contributed by atoms with Gasteiger partial charge in [0.25, 0.3) is 0 Å². The van der Waals surface area contributed by atoms with Crippen LogP contribution in [0.15, 0.2) is 71.8 Å². The summed E-state index contributed by atoms with van der Waals surface area (Å²) in [5, 5.41) is 6.86. The van der Waals surface area contributed by atoms with Gasteiger partial charge in [0, 0.05) is 23.1 Å². The Kier molecular flexibility index (Phi) is 4.98. The van der Waals surface area contributed by atoms with Crippen molar-refractivity contribution in [3.05, 3.63) is 89.2 Å². The normalized spacial score (nSPS) is 19.2. The van der Waals surface area contributed by atoms with Crippen LogP contribution in [0.1, 0.15) is 42.3 Å². The second-order valence-electron chi connectivity index (χ2n) is 7.51. The Bertz CT molecular complexity index is 1150. The smallest absolute Gasteiger partial charge is 0.214 e. The summed E-state index contributed by atoms with van der Waals surface area (Å²) in [5.74, 6) is 1.86. The van der Waals surface area contributed by atoms with Crippen molar-refractivity contribution in [2.75, 3.05) is 13.7 Å². The fourth-order valence-electron chi connectivity index (χ4n) is 4.21. The summed E-state index contributed by atoms with van der Waals surface area (Å²) in [5.41, 5.74) is 3.65. The van der Waals surface area contributed by atoms with E-state index >= 15 is 0 Å². The summed E-state index contributed by atoms with van der Waals surface area (Å²) >= 11 is 0. The molecule has 2 atom stereocenters. The van der Waals surface area contributed by atoms with E-state index < -0.39 is 6.23 Å². The molecule has 0 N–H and O–H groups in total. The number of nitrogens with zero attached hydrogens (tertiary/aromatic N) is 2. The number of fused-ring (bicyclic) bond motifs is 3. The molecular formula is C25H23FN2O3. The summed E-state index contributed by atoms with van der Waals surface area (Å²) in [6.07, 6.45) is 0.142. The third-order valence-corrected chi connectivity index (χ3v) is 5.62. The van der Waals surface area contributed by atoms with Crippen LogP contribution in [0.5, 0.6) is 17.2 Å². The van der Waals surface area contributed by atoms with Crippen LogP contribution in [-0.2, 0) is 0 Å². The summed E-state index contributed by atoms with van der Waals surface area (Å²) in [6.45, 7) is 2.47. The molecule has 5 rings (SSSR count). The SMILES string of the molecule is CCOc1cccc2c1OC(c1cccc(F)c1)N1N=C(c3cccc(OC)c3)CC21. The van der Waals surface area contributed by atoms with Gasteiger partial charge in [-0.15, -0.1) is 0 Å². The third kappa shape index (κ3) is 3.48. The highest BCUT2D eigenvalue weighted by Gasteiger charge is 2.42. The number of hydrogen-bond acceptors (Lipinski definition) is 5. The zero-order chi connectivity index (χ0) is 21.4. The minimum absolute atomic E-state index is 0.0429. The zero-order valence-corrected chi connectivity index (χ0v) is 17.4. The number of halogens is 1. The van der Waals surface area contributed by atoms with Crippen molar-refractivity contribution in [3.63, 3.8) is 0 Å². The van der Waals surface area contributed by atoms with Crippen LogP contribution < -0.4 is 14.2 Å². The van der Waals surface area contributed by atoms with Crippen LogP contribution in [0.3, 0.4) is 0 Å². The molecule has 0 spiro atoms. The fourth-order valence-corrected chi connectivity index (χ4v) is 4.21. The Morgan fingerprint density at radius 3 is 2.74 bits per heavy atom. The first-order valence-electron chi connectivity index (χ1n) is 10.4. The van der Waals surface area contributed by atoms with Gasteiger partial charge in [0.1, 0.15) is 11.6 Å². The Hall–Kier alpha value is -3.54. The van der Waals surface area contributed by atoms with Crippen molar-refractivity contribution in [1.29, 1.82) is 0 Å². The number of methoxy groups -OCH3 is 1. The second-order valence-corrected chi connectivity index (χ2v) is 7.51. The highest BCUT2D eigenvalue weighted by molar-refractivity contribution is 6.02. The molecule has 0 aromatic heterocycles.